The van der Waals surface area contributed by atoms with Gasteiger partial charge in [0.25, 0.3) is 5.56 Å². The number of aromatic nitrogens is 1. The van der Waals surface area contributed by atoms with Crippen LogP contribution in [0, 0.1) is 25.2 Å². The molecule has 0 unspecified atom stereocenters. The lowest BCUT2D eigenvalue weighted by atomic mass is 10.1. The number of hydrogen-bond acceptors (Lipinski definition) is 5. The first kappa shape index (κ1) is 20.9. The first-order valence-electron chi connectivity index (χ1n) is 9.05. The highest BCUT2D eigenvalue weighted by Crippen LogP contribution is 2.12. The summed E-state index contributed by atoms with van der Waals surface area (Å²) in [6, 6.07) is 9.92. The van der Waals surface area contributed by atoms with E-state index >= 15 is 0 Å². The zero-order valence-electron chi connectivity index (χ0n) is 16.2. The molecule has 0 spiro atoms. The normalized spacial score (nSPS) is 10.2. The van der Waals surface area contributed by atoms with E-state index < -0.39 is 17.4 Å². The van der Waals surface area contributed by atoms with Gasteiger partial charge >= 0.3 is 5.97 Å². The van der Waals surface area contributed by atoms with Gasteiger partial charge in [-0.25, -0.2) is 4.79 Å². The van der Waals surface area contributed by atoms with Crippen LogP contribution in [-0.2, 0) is 16.1 Å². The summed E-state index contributed by atoms with van der Waals surface area (Å²) in [5, 5.41) is 11.8. The molecule has 0 aliphatic rings. The van der Waals surface area contributed by atoms with Crippen LogP contribution in [0.5, 0.6) is 0 Å². The maximum Gasteiger partial charge on any atom is 0.338 e. The number of anilines is 1. The van der Waals surface area contributed by atoms with E-state index in [0.717, 1.165) is 12.8 Å². The first-order chi connectivity index (χ1) is 13.4. The minimum Gasteiger partial charge on any atom is -0.462 e. The molecule has 1 aromatic carbocycles. The number of nitrogens with zero attached hydrogens (tertiary/aromatic N) is 2. The molecular weight excluding hydrogens is 358 g/mol. The van der Waals surface area contributed by atoms with Gasteiger partial charge in [-0.2, -0.15) is 5.26 Å². The Hall–Kier alpha value is -3.40. The molecule has 1 aromatic heterocycles. The Balaban J connectivity index is 2.05. The molecule has 7 nitrogen and oxygen atoms in total. The van der Waals surface area contributed by atoms with Gasteiger partial charge in [0.2, 0.25) is 5.91 Å². The third-order valence-electron chi connectivity index (χ3n) is 4.25. The molecule has 0 saturated heterocycles. The minimum atomic E-state index is -0.486. The van der Waals surface area contributed by atoms with Crippen molar-refractivity contribution in [2.75, 3.05) is 11.9 Å². The van der Waals surface area contributed by atoms with Gasteiger partial charge in [0.15, 0.2) is 0 Å². The Kier molecular flexibility index (Phi) is 7.10. The van der Waals surface area contributed by atoms with Crippen LogP contribution in [0.15, 0.2) is 35.1 Å². The van der Waals surface area contributed by atoms with E-state index in [0.29, 0.717) is 29.1 Å². The van der Waals surface area contributed by atoms with Crippen molar-refractivity contribution in [1.82, 2.24) is 4.57 Å². The Morgan fingerprint density at radius 1 is 1.21 bits per heavy atom. The van der Waals surface area contributed by atoms with Crippen molar-refractivity contribution < 1.29 is 14.3 Å². The molecule has 0 aliphatic heterocycles. The van der Waals surface area contributed by atoms with E-state index in [1.807, 2.05) is 13.0 Å². The van der Waals surface area contributed by atoms with Crippen LogP contribution in [0.1, 0.15) is 46.9 Å². The van der Waals surface area contributed by atoms with E-state index in [2.05, 4.69) is 5.32 Å². The van der Waals surface area contributed by atoms with Gasteiger partial charge in [-0.3, -0.25) is 9.59 Å². The average Bonchev–Trinajstić information content (AvgIpc) is 2.66. The number of rotatable bonds is 7. The molecule has 0 aliphatic carbocycles. The third-order valence-corrected chi connectivity index (χ3v) is 4.25. The number of nitriles is 1. The van der Waals surface area contributed by atoms with Crippen LogP contribution in [-0.4, -0.2) is 23.1 Å². The monoisotopic (exact) mass is 381 g/mol. The molecule has 0 saturated carbocycles. The van der Waals surface area contributed by atoms with Crippen molar-refractivity contribution in [1.29, 1.82) is 5.26 Å². The summed E-state index contributed by atoms with van der Waals surface area (Å²) in [5.41, 5.74) is 1.63. The fraction of sp³-hybridized carbons (Fsp3) is 0.333. The second-order valence-electron chi connectivity index (χ2n) is 6.46. The molecule has 0 bridgehead atoms. The number of aryl methyl sites for hydroxylation is 2. The van der Waals surface area contributed by atoms with Crippen LogP contribution < -0.4 is 10.9 Å². The number of amides is 1. The lowest BCUT2D eigenvalue weighted by Crippen LogP contribution is -2.31. The summed E-state index contributed by atoms with van der Waals surface area (Å²) >= 11 is 0. The molecule has 7 heteroatoms. The second-order valence-corrected chi connectivity index (χ2v) is 6.46. The van der Waals surface area contributed by atoms with Gasteiger partial charge in [0.05, 0.1) is 12.2 Å². The molecular formula is C21H23N3O4. The Bertz CT molecular complexity index is 969. The summed E-state index contributed by atoms with van der Waals surface area (Å²) in [4.78, 5) is 36.6. The highest BCUT2D eigenvalue weighted by molar-refractivity contribution is 5.93. The van der Waals surface area contributed by atoms with Crippen LogP contribution >= 0.6 is 0 Å². The van der Waals surface area contributed by atoms with E-state index in [9.17, 15) is 14.4 Å². The van der Waals surface area contributed by atoms with Crippen molar-refractivity contribution in [2.45, 2.75) is 40.2 Å². The average molecular weight is 381 g/mol. The lowest BCUT2D eigenvalue weighted by Gasteiger charge is -2.12. The van der Waals surface area contributed by atoms with Gasteiger partial charge in [0.1, 0.15) is 18.2 Å². The smallest absolute Gasteiger partial charge is 0.338 e. The van der Waals surface area contributed by atoms with E-state index in [1.54, 1.807) is 44.2 Å². The molecule has 1 heterocycles. The maximum absolute atomic E-state index is 12.4. The minimum absolute atomic E-state index is 0.0318. The second kappa shape index (κ2) is 9.51. The summed E-state index contributed by atoms with van der Waals surface area (Å²) < 4.78 is 6.40. The molecule has 2 aromatic rings. The number of carbonyl (C=O) groups is 2. The number of nitrogens with one attached hydrogen (secondary N) is 1. The maximum atomic E-state index is 12.4. The Morgan fingerprint density at radius 3 is 2.50 bits per heavy atom. The summed E-state index contributed by atoms with van der Waals surface area (Å²) in [7, 11) is 0. The molecule has 146 valence electrons. The zero-order chi connectivity index (χ0) is 20.7. The fourth-order valence-electron chi connectivity index (χ4n) is 2.69. The van der Waals surface area contributed by atoms with Crippen molar-refractivity contribution >= 4 is 17.6 Å². The molecule has 0 atom stereocenters. The largest absolute Gasteiger partial charge is 0.462 e. The van der Waals surface area contributed by atoms with Crippen molar-refractivity contribution in [3.05, 3.63) is 63.1 Å². The molecule has 1 amide bonds. The fourth-order valence-corrected chi connectivity index (χ4v) is 2.69. The van der Waals surface area contributed by atoms with Crippen LogP contribution in [0.3, 0.4) is 0 Å². The zero-order valence-corrected chi connectivity index (χ0v) is 16.2. The third kappa shape index (κ3) is 5.07. The number of esters is 1. The topological polar surface area (TPSA) is 101 Å². The van der Waals surface area contributed by atoms with Gasteiger partial charge in [-0.1, -0.05) is 13.3 Å². The number of carbonyl (C=O) groups excluding carboxylic acids is 2. The Labute approximate surface area is 163 Å². The number of hydrogen-bond donors (Lipinski definition) is 1. The number of benzene rings is 1. The van der Waals surface area contributed by atoms with E-state index in [4.69, 9.17) is 10.00 Å². The van der Waals surface area contributed by atoms with E-state index in [1.165, 1.54) is 4.57 Å². The van der Waals surface area contributed by atoms with Crippen LogP contribution in [0.25, 0.3) is 0 Å². The summed E-state index contributed by atoms with van der Waals surface area (Å²) in [6.07, 6.45) is 1.75. The summed E-state index contributed by atoms with van der Waals surface area (Å²) in [6.45, 7) is 5.58. The molecule has 2 rings (SSSR count). The van der Waals surface area contributed by atoms with Gasteiger partial charge in [-0.05, 0) is 56.2 Å². The molecule has 0 fully saturated rings. The van der Waals surface area contributed by atoms with Crippen molar-refractivity contribution in [3.63, 3.8) is 0 Å². The lowest BCUT2D eigenvalue weighted by molar-refractivity contribution is -0.116. The quantitative estimate of drug-likeness (QED) is 0.587. The molecule has 1 N–H and O–H groups in total. The predicted octanol–water partition coefficient (Wildman–Crippen LogP) is 2.93. The highest BCUT2D eigenvalue weighted by Gasteiger charge is 2.13. The number of unbranched alkanes of at least 4 members (excludes halogenated alkanes) is 1. The highest BCUT2D eigenvalue weighted by atomic mass is 16.5. The standard InChI is InChI=1S/C21H23N3O4/c1-4-5-10-28-21(27)16-6-8-17(9-7-16)23-19(25)13-24-15(3)11-14(2)18(12-22)20(24)26/h6-9,11H,4-5,10,13H2,1-3H3,(H,23,25). The van der Waals surface area contributed by atoms with Crippen LogP contribution in [0.4, 0.5) is 5.69 Å². The van der Waals surface area contributed by atoms with Crippen molar-refractivity contribution in [2.24, 2.45) is 0 Å². The van der Waals surface area contributed by atoms with Crippen molar-refractivity contribution in [3.8, 4) is 6.07 Å². The SMILES string of the molecule is CCCCOC(=O)c1ccc(NC(=O)Cn2c(C)cc(C)c(C#N)c2=O)cc1. The van der Waals surface area contributed by atoms with Crippen LogP contribution in [0.2, 0.25) is 0 Å². The van der Waals surface area contributed by atoms with Gasteiger partial charge in [0, 0.05) is 11.4 Å². The van der Waals surface area contributed by atoms with E-state index in [-0.39, 0.29) is 12.1 Å². The first-order valence-corrected chi connectivity index (χ1v) is 9.05. The Morgan fingerprint density at radius 2 is 1.89 bits per heavy atom. The molecule has 0 radical (unpaired) electrons. The molecule has 28 heavy (non-hydrogen) atoms. The number of pyridine rings is 1. The predicted molar refractivity (Wildman–Crippen MR) is 105 cm³/mol. The van der Waals surface area contributed by atoms with Gasteiger partial charge in [-0.15, -0.1) is 0 Å². The van der Waals surface area contributed by atoms with Gasteiger partial charge < -0.3 is 14.6 Å². The number of ether oxygens (including phenoxy) is 1. The summed E-state index contributed by atoms with van der Waals surface area (Å²) in [5.74, 6) is -0.812.